The van der Waals surface area contributed by atoms with Gasteiger partial charge in [-0.25, -0.2) is 4.98 Å². The molecule has 1 N–H and O–H groups in total. The Bertz CT molecular complexity index is 555. The molecule has 0 amide bonds. The van der Waals surface area contributed by atoms with Crippen LogP contribution in [-0.2, 0) is 11.2 Å². The zero-order valence-corrected chi connectivity index (χ0v) is 8.76. The molecule has 4 heteroatoms. The summed E-state index contributed by atoms with van der Waals surface area (Å²) in [7, 11) is 0. The van der Waals surface area contributed by atoms with Crippen LogP contribution in [0.25, 0.3) is 11.0 Å². The van der Waals surface area contributed by atoms with Crippen LogP contribution in [0.2, 0.25) is 0 Å². The number of hydrogen-bond donors (Lipinski definition) is 1. The molecule has 82 valence electrons. The molecule has 2 heterocycles. The van der Waals surface area contributed by atoms with Crippen molar-refractivity contribution in [3.8, 4) is 0 Å². The second-order valence-corrected chi connectivity index (χ2v) is 4.24. The Balaban J connectivity index is 2.16. The minimum Gasteiger partial charge on any atom is -0.481 e. The van der Waals surface area contributed by atoms with E-state index >= 15 is 0 Å². The first kappa shape index (κ1) is 9.39. The van der Waals surface area contributed by atoms with Crippen molar-refractivity contribution in [3.05, 3.63) is 30.1 Å². The molecular formula is C12H12N2O2. The van der Waals surface area contributed by atoms with E-state index in [0.717, 1.165) is 16.6 Å². The third-order valence-corrected chi connectivity index (χ3v) is 2.95. The highest BCUT2D eigenvalue weighted by atomic mass is 16.4. The Kier molecular flexibility index (Phi) is 1.96. The van der Waals surface area contributed by atoms with Crippen molar-refractivity contribution < 1.29 is 9.90 Å². The van der Waals surface area contributed by atoms with Crippen molar-refractivity contribution in [3.63, 3.8) is 0 Å². The molecule has 0 radical (unpaired) electrons. The van der Waals surface area contributed by atoms with Gasteiger partial charge in [0.25, 0.3) is 0 Å². The minimum absolute atomic E-state index is 0.0713. The molecule has 0 aliphatic heterocycles. The minimum atomic E-state index is -0.793. The van der Waals surface area contributed by atoms with Crippen molar-refractivity contribution in [1.82, 2.24) is 9.55 Å². The Hall–Kier alpha value is -1.84. The van der Waals surface area contributed by atoms with E-state index in [0.29, 0.717) is 6.04 Å². The smallest absolute Gasteiger partial charge is 0.307 e. The topological polar surface area (TPSA) is 55.1 Å². The van der Waals surface area contributed by atoms with Crippen LogP contribution in [0.15, 0.2) is 24.5 Å². The number of carbonyl (C=O) groups is 1. The molecule has 0 spiro atoms. The maximum absolute atomic E-state index is 10.8. The van der Waals surface area contributed by atoms with E-state index in [1.54, 1.807) is 6.20 Å². The molecule has 1 aliphatic carbocycles. The van der Waals surface area contributed by atoms with Crippen LogP contribution in [0.3, 0.4) is 0 Å². The Morgan fingerprint density at radius 1 is 1.56 bits per heavy atom. The second kappa shape index (κ2) is 3.33. The molecule has 1 aliphatic rings. The third kappa shape index (κ3) is 1.46. The molecule has 3 rings (SSSR count). The average molecular weight is 216 g/mol. The van der Waals surface area contributed by atoms with Crippen LogP contribution in [0.4, 0.5) is 0 Å². The van der Waals surface area contributed by atoms with Crippen molar-refractivity contribution in [2.24, 2.45) is 0 Å². The first-order valence-electron chi connectivity index (χ1n) is 5.42. The van der Waals surface area contributed by atoms with E-state index in [4.69, 9.17) is 5.11 Å². The monoisotopic (exact) mass is 216 g/mol. The summed E-state index contributed by atoms with van der Waals surface area (Å²) in [6.07, 6.45) is 6.12. The summed E-state index contributed by atoms with van der Waals surface area (Å²) in [5.41, 5.74) is 1.78. The van der Waals surface area contributed by atoms with E-state index in [1.165, 1.54) is 12.8 Å². The Morgan fingerprint density at radius 3 is 3.06 bits per heavy atom. The predicted molar refractivity (Wildman–Crippen MR) is 59.3 cm³/mol. The Morgan fingerprint density at radius 2 is 2.38 bits per heavy atom. The van der Waals surface area contributed by atoms with Gasteiger partial charge < -0.3 is 9.67 Å². The molecule has 16 heavy (non-hydrogen) atoms. The first-order chi connectivity index (χ1) is 7.75. The molecule has 0 aromatic carbocycles. The fourth-order valence-corrected chi connectivity index (χ4v) is 2.09. The molecule has 0 saturated heterocycles. The number of aromatic nitrogens is 2. The largest absolute Gasteiger partial charge is 0.481 e. The molecule has 1 saturated carbocycles. The van der Waals surface area contributed by atoms with Crippen molar-refractivity contribution in [1.29, 1.82) is 0 Å². The molecular weight excluding hydrogens is 204 g/mol. The van der Waals surface area contributed by atoms with Gasteiger partial charge >= 0.3 is 5.97 Å². The van der Waals surface area contributed by atoms with Gasteiger partial charge in [0.15, 0.2) is 0 Å². The normalized spacial score (nSPS) is 15.5. The zero-order chi connectivity index (χ0) is 11.1. The summed E-state index contributed by atoms with van der Waals surface area (Å²) in [5, 5.41) is 9.83. The predicted octanol–water partition coefficient (Wildman–Crippen LogP) is 2.00. The van der Waals surface area contributed by atoms with E-state index in [9.17, 15) is 4.79 Å². The van der Waals surface area contributed by atoms with Crippen molar-refractivity contribution in [2.75, 3.05) is 0 Å². The van der Waals surface area contributed by atoms with Crippen molar-refractivity contribution >= 4 is 17.0 Å². The van der Waals surface area contributed by atoms with Crippen LogP contribution >= 0.6 is 0 Å². The highest BCUT2D eigenvalue weighted by Gasteiger charge is 2.26. The number of carboxylic acids is 1. The first-order valence-corrected chi connectivity index (χ1v) is 5.42. The third-order valence-electron chi connectivity index (χ3n) is 2.95. The van der Waals surface area contributed by atoms with Gasteiger partial charge in [0, 0.05) is 23.8 Å². The van der Waals surface area contributed by atoms with Gasteiger partial charge in [-0.2, -0.15) is 0 Å². The van der Waals surface area contributed by atoms with E-state index in [1.807, 2.05) is 18.3 Å². The number of fused-ring (bicyclic) bond motifs is 1. The Labute approximate surface area is 92.5 Å². The van der Waals surface area contributed by atoms with Crippen LogP contribution < -0.4 is 0 Å². The number of carboxylic acid groups (broad SMARTS) is 1. The van der Waals surface area contributed by atoms with Gasteiger partial charge in [-0.15, -0.1) is 0 Å². The molecule has 2 aromatic heterocycles. The SMILES string of the molecule is O=C(O)Cc1cn(C2CC2)c2ncccc12. The van der Waals surface area contributed by atoms with E-state index in [2.05, 4.69) is 9.55 Å². The molecule has 0 atom stereocenters. The molecule has 1 fully saturated rings. The maximum Gasteiger partial charge on any atom is 0.307 e. The van der Waals surface area contributed by atoms with Crippen LogP contribution in [-0.4, -0.2) is 20.6 Å². The lowest BCUT2D eigenvalue weighted by Gasteiger charge is -1.99. The lowest BCUT2D eigenvalue weighted by Crippen LogP contribution is -1.99. The molecule has 0 bridgehead atoms. The fourth-order valence-electron chi connectivity index (χ4n) is 2.09. The fraction of sp³-hybridized carbons (Fsp3) is 0.333. The van der Waals surface area contributed by atoms with Gasteiger partial charge in [0.05, 0.1) is 6.42 Å². The average Bonchev–Trinajstić information content (AvgIpc) is 3.03. The summed E-state index contributed by atoms with van der Waals surface area (Å²) in [6.45, 7) is 0. The van der Waals surface area contributed by atoms with Gasteiger partial charge in [-0.05, 0) is 30.5 Å². The highest BCUT2D eigenvalue weighted by molar-refractivity contribution is 5.85. The highest BCUT2D eigenvalue weighted by Crippen LogP contribution is 2.38. The van der Waals surface area contributed by atoms with Gasteiger partial charge in [-0.3, -0.25) is 4.79 Å². The molecule has 0 unspecified atom stereocenters. The van der Waals surface area contributed by atoms with Crippen LogP contribution in [0, 0.1) is 0 Å². The number of rotatable bonds is 3. The van der Waals surface area contributed by atoms with E-state index < -0.39 is 5.97 Å². The van der Waals surface area contributed by atoms with Gasteiger partial charge in [0.1, 0.15) is 5.65 Å². The molecule has 4 nitrogen and oxygen atoms in total. The van der Waals surface area contributed by atoms with Gasteiger partial charge in [-0.1, -0.05) is 0 Å². The van der Waals surface area contributed by atoms with Crippen LogP contribution in [0.5, 0.6) is 0 Å². The lowest BCUT2D eigenvalue weighted by atomic mass is 10.2. The summed E-state index contributed by atoms with van der Waals surface area (Å²) in [4.78, 5) is 15.1. The number of aliphatic carboxylic acids is 1. The molecule has 2 aromatic rings. The van der Waals surface area contributed by atoms with Gasteiger partial charge in [0.2, 0.25) is 0 Å². The van der Waals surface area contributed by atoms with Crippen LogP contribution in [0.1, 0.15) is 24.4 Å². The quantitative estimate of drug-likeness (QED) is 0.853. The standard InChI is InChI=1S/C12H12N2O2/c15-11(16)6-8-7-14(9-3-4-9)12-10(8)2-1-5-13-12/h1-2,5,7,9H,3-4,6H2,(H,15,16). The number of hydrogen-bond acceptors (Lipinski definition) is 2. The number of nitrogens with zero attached hydrogens (tertiary/aromatic N) is 2. The summed E-state index contributed by atoms with van der Waals surface area (Å²) < 4.78 is 2.12. The summed E-state index contributed by atoms with van der Waals surface area (Å²) in [5.74, 6) is -0.793. The van der Waals surface area contributed by atoms with Crippen molar-refractivity contribution in [2.45, 2.75) is 25.3 Å². The number of pyridine rings is 1. The van der Waals surface area contributed by atoms with E-state index in [-0.39, 0.29) is 6.42 Å². The lowest BCUT2D eigenvalue weighted by molar-refractivity contribution is -0.136. The zero-order valence-electron chi connectivity index (χ0n) is 8.76. The maximum atomic E-state index is 10.8. The summed E-state index contributed by atoms with van der Waals surface area (Å²) >= 11 is 0. The second-order valence-electron chi connectivity index (χ2n) is 4.24. The summed E-state index contributed by atoms with van der Waals surface area (Å²) in [6, 6.07) is 4.32.